The maximum absolute atomic E-state index is 12.4. The van der Waals surface area contributed by atoms with Gasteiger partial charge in [-0.2, -0.15) is 0 Å². The van der Waals surface area contributed by atoms with Crippen LogP contribution < -0.4 is 4.74 Å². The smallest absolute Gasteiger partial charge is 0.260 e. The quantitative estimate of drug-likeness (QED) is 0.785. The number of ether oxygens (including phenoxy) is 1. The number of rotatable bonds is 6. The zero-order valence-corrected chi connectivity index (χ0v) is 15.6. The number of para-hydroxylation sites is 1. The van der Waals surface area contributed by atoms with Crippen molar-refractivity contribution in [2.45, 2.75) is 44.9 Å². The van der Waals surface area contributed by atoms with E-state index in [9.17, 15) is 9.59 Å². The highest BCUT2D eigenvalue weighted by atomic mass is 16.5. The van der Waals surface area contributed by atoms with Gasteiger partial charge in [-0.1, -0.05) is 50.3 Å². The van der Waals surface area contributed by atoms with Crippen molar-refractivity contribution in [3.8, 4) is 5.75 Å². The summed E-state index contributed by atoms with van der Waals surface area (Å²) >= 11 is 0. The summed E-state index contributed by atoms with van der Waals surface area (Å²) in [6, 6.07) is 9.38. The van der Waals surface area contributed by atoms with E-state index >= 15 is 0 Å². The lowest BCUT2D eigenvalue weighted by Crippen LogP contribution is -2.51. The van der Waals surface area contributed by atoms with Crippen molar-refractivity contribution in [1.82, 2.24) is 9.80 Å². The second-order valence-electron chi connectivity index (χ2n) is 7.41. The van der Waals surface area contributed by atoms with E-state index in [1.54, 1.807) is 4.90 Å². The van der Waals surface area contributed by atoms with Gasteiger partial charge in [-0.25, -0.2) is 0 Å². The summed E-state index contributed by atoms with van der Waals surface area (Å²) in [5.74, 6) is 1.69. The molecule has 2 amide bonds. The zero-order chi connectivity index (χ0) is 18.2. The van der Waals surface area contributed by atoms with Crippen molar-refractivity contribution >= 4 is 11.8 Å². The van der Waals surface area contributed by atoms with Crippen molar-refractivity contribution in [3.05, 3.63) is 30.3 Å². The largest absolute Gasteiger partial charge is 0.484 e. The van der Waals surface area contributed by atoms with Crippen LogP contribution in [-0.2, 0) is 9.59 Å². The number of amides is 2. The van der Waals surface area contributed by atoms with Crippen LogP contribution in [0.15, 0.2) is 30.3 Å². The monoisotopic (exact) mass is 358 g/mol. The molecule has 0 spiro atoms. The fourth-order valence-electron chi connectivity index (χ4n) is 3.92. The van der Waals surface area contributed by atoms with Crippen molar-refractivity contribution in [1.29, 1.82) is 0 Å². The molecule has 5 heteroatoms. The van der Waals surface area contributed by atoms with Crippen LogP contribution in [0.4, 0.5) is 0 Å². The molecule has 0 bridgehead atoms. The molecule has 0 unspecified atom stereocenters. The molecule has 26 heavy (non-hydrogen) atoms. The van der Waals surface area contributed by atoms with Crippen molar-refractivity contribution < 1.29 is 14.3 Å². The molecular weight excluding hydrogens is 328 g/mol. The number of piperazine rings is 1. The van der Waals surface area contributed by atoms with Crippen LogP contribution in [0.1, 0.15) is 44.9 Å². The van der Waals surface area contributed by atoms with Crippen LogP contribution in [0.2, 0.25) is 0 Å². The first-order valence-corrected chi connectivity index (χ1v) is 9.96. The first kappa shape index (κ1) is 18.7. The van der Waals surface area contributed by atoms with Gasteiger partial charge in [0.25, 0.3) is 5.91 Å². The predicted molar refractivity (Wildman–Crippen MR) is 101 cm³/mol. The lowest BCUT2D eigenvalue weighted by Gasteiger charge is -2.35. The number of carbonyl (C=O) groups is 2. The van der Waals surface area contributed by atoms with Crippen LogP contribution >= 0.6 is 0 Å². The normalized spacial score (nSPS) is 18.6. The van der Waals surface area contributed by atoms with Gasteiger partial charge in [0.15, 0.2) is 6.61 Å². The standard InChI is InChI=1S/C21H30N2O3/c24-20(12-11-18-7-3-1-4-8-18)22-13-15-23(16-14-22)21(25)17-26-19-9-5-2-6-10-19/h2,5-6,9-10,18H,1,3-4,7-8,11-17H2. The molecule has 1 aromatic carbocycles. The molecule has 142 valence electrons. The lowest BCUT2D eigenvalue weighted by molar-refractivity contribution is -0.140. The van der Waals surface area contributed by atoms with Gasteiger partial charge < -0.3 is 14.5 Å². The Labute approximate surface area is 156 Å². The number of carbonyl (C=O) groups excluding carboxylic acids is 2. The molecule has 1 heterocycles. The van der Waals surface area contributed by atoms with Gasteiger partial charge in [0, 0.05) is 32.6 Å². The average molecular weight is 358 g/mol. The van der Waals surface area contributed by atoms with Gasteiger partial charge in [-0.3, -0.25) is 9.59 Å². The Morgan fingerprint density at radius 3 is 2.15 bits per heavy atom. The number of hydrogen-bond donors (Lipinski definition) is 0. The minimum absolute atomic E-state index is 0.0110. The van der Waals surface area contributed by atoms with Crippen LogP contribution in [0.25, 0.3) is 0 Å². The SMILES string of the molecule is O=C(CCC1CCCCC1)N1CCN(C(=O)COc2ccccc2)CC1. The van der Waals surface area contributed by atoms with Gasteiger partial charge >= 0.3 is 0 Å². The Morgan fingerprint density at radius 2 is 1.50 bits per heavy atom. The summed E-state index contributed by atoms with van der Waals surface area (Å²) < 4.78 is 5.53. The Hall–Kier alpha value is -2.04. The maximum atomic E-state index is 12.4. The highest BCUT2D eigenvalue weighted by molar-refractivity contribution is 5.79. The lowest BCUT2D eigenvalue weighted by atomic mass is 9.86. The van der Waals surface area contributed by atoms with E-state index in [-0.39, 0.29) is 18.4 Å². The predicted octanol–water partition coefficient (Wildman–Crippen LogP) is 3.10. The molecule has 0 radical (unpaired) electrons. The topological polar surface area (TPSA) is 49.9 Å². The molecule has 1 aliphatic carbocycles. The summed E-state index contributed by atoms with van der Waals surface area (Å²) in [5, 5.41) is 0. The molecule has 0 aromatic heterocycles. The first-order chi connectivity index (χ1) is 12.7. The second-order valence-corrected chi connectivity index (χ2v) is 7.41. The van der Waals surface area contributed by atoms with E-state index in [4.69, 9.17) is 4.74 Å². The van der Waals surface area contributed by atoms with E-state index in [1.807, 2.05) is 35.2 Å². The fraction of sp³-hybridized carbons (Fsp3) is 0.619. The Kier molecular flexibility index (Phi) is 6.92. The van der Waals surface area contributed by atoms with Crippen LogP contribution in [-0.4, -0.2) is 54.4 Å². The van der Waals surface area contributed by atoms with E-state index in [0.29, 0.717) is 38.3 Å². The summed E-state index contributed by atoms with van der Waals surface area (Å²) in [5.41, 5.74) is 0. The summed E-state index contributed by atoms with van der Waals surface area (Å²) in [6.45, 7) is 2.54. The van der Waals surface area contributed by atoms with Gasteiger partial charge in [-0.05, 0) is 24.5 Å². The van der Waals surface area contributed by atoms with Crippen LogP contribution in [0, 0.1) is 5.92 Å². The third-order valence-corrected chi connectivity index (χ3v) is 5.58. The van der Waals surface area contributed by atoms with Crippen LogP contribution in [0.5, 0.6) is 5.75 Å². The Balaban J connectivity index is 1.35. The molecule has 0 N–H and O–H groups in total. The third kappa shape index (κ3) is 5.48. The summed E-state index contributed by atoms with van der Waals surface area (Å²) in [7, 11) is 0. The minimum Gasteiger partial charge on any atom is -0.484 e. The van der Waals surface area contributed by atoms with E-state index in [2.05, 4.69) is 0 Å². The second kappa shape index (κ2) is 9.60. The van der Waals surface area contributed by atoms with Crippen molar-refractivity contribution in [2.24, 2.45) is 5.92 Å². The molecule has 1 aliphatic heterocycles. The van der Waals surface area contributed by atoms with E-state index in [0.717, 1.165) is 12.3 Å². The van der Waals surface area contributed by atoms with Gasteiger partial charge in [-0.15, -0.1) is 0 Å². The molecule has 2 fully saturated rings. The molecule has 1 saturated heterocycles. The number of nitrogens with zero attached hydrogens (tertiary/aromatic N) is 2. The Morgan fingerprint density at radius 1 is 0.885 bits per heavy atom. The zero-order valence-electron chi connectivity index (χ0n) is 15.6. The van der Waals surface area contributed by atoms with E-state index < -0.39 is 0 Å². The maximum Gasteiger partial charge on any atom is 0.260 e. The van der Waals surface area contributed by atoms with Crippen molar-refractivity contribution in [3.63, 3.8) is 0 Å². The fourth-order valence-corrected chi connectivity index (χ4v) is 3.92. The Bertz CT molecular complexity index is 576. The molecule has 5 nitrogen and oxygen atoms in total. The highest BCUT2D eigenvalue weighted by Gasteiger charge is 2.25. The molecular formula is C21H30N2O3. The van der Waals surface area contributed by atoms with Crippen LogP contribution in [0.3, 0.4) is 0 Å². The third-order valence-electron chi connectivity index (χ3n) is 5.58. The summed E-state index contributed by atoms with van der Waals surface area (Å²) in [4.78, 5) is 28.4. The van der Waals surface area contributed by atoms with E-state index in [1.165, 1.54) is 32.1 Å². The van der Waals surface area contributed by atoms with Gasteiger partial charge in [0.05, 0.1) is 0 Å². The average Bonchev–Trinajstić information content (AvgIpc) is 2.72. The first-order valence-electron chi connectivity index (χ1n) is 9.96. The van der Waals surface area contributed by atoms with Gasteiger partial charge in [0.2, 0.25) is 5.91 Å². The number of hydrogen-bond acceptors (Lipinski definition) is 3. The number of benzene rings is 1. The molecule has 1 saturated carbocycles. The van der Waals surface area contributed by atoms with Crippen molar-refractivity contribution in [2.75, 3.05) is 32.8 Å². The summed E-state index contributed by atoms with van der Waals surface area (Å²) in [6.07, 6.45) is 8.27. The molecule has 3 rings (SSSR count). The molecule has 0 atom stereocenters. The molecule has 1 aromatic rings. The highest BCUT2D eigenvalue weighted by Crippen LogP contribution is 2.27. The minimum atomic E-state index is -0.0110. The molecule has 2 aliphatic rings. The van der Waals surface area contributed by atoms with Gasteiger partial charge in [0.1, 0.15) is 5.75 Å².